The van der Waals surface area contributed by atoms with Crippen LogP contribution in [0.25, 0.3) is 78.8 Å². The van der Waals surface area contributed by atoms with Crippen molar-refractivity contribution in [1.29, 1.82) is 0 Å². The molecule has 0 fully saturated rings. The number of aromatic nitrogens is 28. The van der Waals surface area contributed by atoms with Crippen molar-refractivity contribution in [2.24, 2.45) is 0 Å². The molecule has 7 N–H and O–H groups in total. The molecule has 34 heteroatoms. The molecule has 0 unspecified atom stereocenters. The highest BCUT2D eigenvalue weighted by molar-refractivity contribution is 5.98. The number of methoxy groups -OCH3 is 4. The Hall–Kier alpha value is -15.3. The van der Waals surface area contributed by atoms with Gasteiger partial charge in [0, 0.05) is 46.0 Å². The number of aromatic amines is 7. The maximum absolute atomic E-state index is 5.69. The molecule has 17 aromatic rings. The Bertz CT molecular complexity index is 5280. The second-order valence-corrected chi connectivity index (χ2v) is 22.6. The van der Waals surface area contributed by atoms with E-state index in [2.05, 4.69) is 188 Å². The first-order chi connectivity index (χ1) is 53.8. The Labute approximate surface area is 622 Å². The highest BCUT2D eigenvalue weighted by atomic mass is 16.5. The van der Waals surface area contributed by atoms with Crippen LogP contribution in [-0.4, -0.2) is 179 Å². The fraction of sp³-hybridized carbons (Fsp3) is 0.133. The van der Waals surface area contributed by atoms with Gasteiger partial charge in [-0.25, -0.2) is 0 Å². The van der Waals surface area contributed by atoms with Gasteiger partial charge < -0.3 is 28.4 Å². The molecule has 0 atom stereocenters. The van der Waals surface area contributed by atoms with Crippen molar-refractivity contribution in [3.63, 3.8) is 0 Å². The van der Waals surface area contributed by atoms with Crippen LogP contribution in [0.4, 0.5) is 0 Å². The van der Waals surface area contributed by atoms with Crippen molar-refractivity contribution in [2.75, 3.05) is 35.0 Å². The largest absolute Gasteiger partial charge is 0.497 e. The van der Waals surface area contributed by atoms with E-state index in [1.54, 1.807) is 40.6 Å². The van der Waals surface area contributed by atoms with Gasteiger partial charge in [0.1, 0.15) is 28.7 Å². The Morgan fingerprint density at radius 1 is 0.284 bits per heavy atom. The SMILES string of the molecule is CCCCOc1ccc(-c2nn[nH]n2)cc1.COc1ccc(-c2nn[nH]n2)c2ccccc12.COc1ccc(-c2nn[nH]n2)cc1OC.COc1cccc(-c2nn[nH]n2)c1.c1ccc(-c2ccc(Cc3nn[nH]n3)cc2)cc1.c1ccc(Cc2nn[nH]n2)cc1.c1ccc(Oc2ccc(-c3nn[nH]n3)cc2)cc1. The summed E-state index contributed by atoms with van der Waals surface area (Å²) in [6.07, 6.45) is 3.65. The molecule has 0 aliphatic rings. The van der Waals surface area contributed by atoms with Gasteiger partial charge in [-0.05, 0) is 163 Å². The number of ether oxygens (including phenoxy) is 6. The van der Waals surface area contributed by atoms with Gasteiger partial charge in [-0.2, -0.15) is 36.5 Å². The highest BCUT2D eigenvalue weighted by Crippen LogP contribution is 2.34. The van der Waals surface area contributed by atoms with Gasteiger partial charge in [0.05, 0.1) is 35.0 Å². The summed E-state index contributed by atoms with van der Waals surface area (Å²) in [4.78, 5) is 0. The summed E-state index contributed by atoms with van der Waals surface area (Å²) in [5.41, 5.74) is 9.27. The lowest BCUT2D eigenvalue weighted by Crippen LogP contribution is -1.96. The van der Waals surface area contributed by atoms with E-state index in [0.717, 1.165) is 99.0 Å². The standard InChI is InChI=1S/C14H12N4.C13H10N4O.C12H10N4O.C11H14N4O.C9H10N4O2.C8H8N4O.C8H8N4/c1-2-4-12(5-3-1)13-8-6-11(7-9-13)10-14-15-17-18-16-14;1-2-4-11(5-3-1)18-12-8-6-10(7-9-12)13-14-16-17-15-13;1-17-11-7-6-10(12-13-15-16-14-12)8-4-2-3-5-9(8)11;1-2-3-8-16-10-6-4-9(5-7-10)11-12-14-15-13-11;1-14-7-4-3-6(5-8(7)15-2)9-10-12-13-11-9;1-13-7-4-2-3-6(5-7)8-9-11-12-10-8;1-2-4-7(5-3-1)6-8-9-11-12-10-8/h1-9H,10H2,(H,15,16,17,18);1-9H,(H,14,15,16,17);2-7H,1H3,(H,13,14,15,16);4-7H,2-3,8H2,1H3,(H,12,13,14,15);3-5H,1-2H3,(H,10,11,12,13);2-5H,1H3,(H,9,10,11,12);1-5H,6H2,(H,9,10,11,12). The van der Waals surface area contributed by atoms with Crippen LogP contribution >= 0.6 is 0 Å². The first-order valence-electron chi connectivity index (χ1n) is 33.6. The normalized spacial score (nSPS) is 10.2. The summed E-state index contributed by atoms with van der Waals surface area (Å²) in [7, 11) is 6.45. The lowest BCUT2D eigenvalue weighted by molar-refractivity contribution is 0.309. The van der Waals surface area contributed by atoms with E-state index in [1.807, 2.05) is 194 Å². The lowest BCUT2D eigenvalue weighted by atomic mass is 10.0. The van der Waals surface area contributed by atoms with Crippen molar-refractivity contribution < 1.29 is 28.4 Å². The van der Waals surface area contributed by atoms with Crippen molar-refractivity contribution in [1.82, 2.24) is 144 Å². The van der Waals surface area contributed by atoms with Gasteiger partial charge in [0.2, 0.25) is 29.1 Å². The number of H-pyrrole nitrogens is 7. The quantitative estimate of drug-likeness (QED) is 0.0348. The molecule has 548 valence electrons. The van der Waals surface area contributed by atoms with E-state index in [-0.39, 0.29) is 0 Å². The summed E-state index contributed by atoms with van der Waals surface area (Å²) in [5, 5.41) is 98.4. The molecular weight excluding hydrogens is 1390 g/mol. The molecule has 7 heterocycles. The number of fused-ring (bicyclic) bond motifs is 1. The van der Waals surface area contributed by atoms with Crippen molar-refractivity contribution in [2.45, 2.75) is 32.6 Å². The van der Waals surface area contributed by atoms with Crippen LogP contribution in [0.1, 0.15) is 42.5 Å². The average Bonchev–Trinajstić information content (AvgIpc) is 1.74. The molecule has 0 aliphatic heterocycles. The number of tetrazole rings is 7. The number of unbranched alkanes of at least 4 members (excludes halogenated alkanes) is 1. The van der Waals surface area contributed by atoms with Crippen LogP contribution < -0.4 is 28.4 Å². The summed E-state index contributed by atoms with van der Waals surface area (Å²) in [6, 6.07) is 78.4. The van der Waals surface area contributed by atoms with Gasteiger partial charge >= 0.3 is 0 Å². The smallest absolute Gasteiger partial charge is 0.205 e. The molecule has 0 saturated heterocycles. The minimum atomic E-state index is 0.524. The molecule has 0 amide bonds. The number of benzene rings is 10. The Morgan fingerprint density at radius 3 is 1.19 bits per heavy atom. The minimum absolute atomic E-state index is 0.524. The van der Waals surface area contributed by atoms with Crippen LogP contribution in [0.3, 0.4) is 0 Å². The first kappa shape index (κ1) is 74.9. The monoisotopic (exact) mass is 1460 g/mol. The van der Waals surface area contributed by atoms with Crippen LogP contribution in [0.2, 0.25) is 0 Å². The van der Waals surface area contributed by atoms with Crippen LogP contribution in [0.5, 0.6) is 40.2 Å². The van der Waals surface area contributed by atoms with E-state index in [0.29, 0.717) is 52.9 Å². The predicted molar refractivity (Wildman–Crippen MR) is 401 cm³/mol. The number of nitrogens with zero attached hydrogens (tertiary/aromatic N) is 21. The van der Waals surface area contributed by atoms with E-state index in [4.69, 9.17) is 28.4 Å². The zero-order valence-electron chi connectivity index (χ0n) is 59.5. The second kappa shape index (κ2) is 40.6. The third kappa shape index (κ3) is 22.6. The first-order valence-corrected chi connectivity index (χ1v) is 33.6. The molecular formula is C75H72N28O6. The van der Waals surface area contributed by atoms with Crippen molar-refractivity contribution in [3.05, 3.63) is 265 Å². The van der Waals surface area contributed by atoms with Crippen LogP contribution in [0, 0.1) is 0 Å². The molecule has 0 bridgehead atoms. The Balaban J connectivity index is 0.000000127. The fourth-order valence-corrected chi connectivity index (χ4v) is 10.0. The Morgan fingerprint density at radius 2 is 0.688 bits per heavy atom. The molecule has 0 radical (unpaired) electrons. The molecule has 10 aromatic carbocycles. The molecule has 109 heavy (non-hydrogen) atoms. The number of rotatable bonds is 20. The summed E-state index contributed by atoms with van der Waals surface area (Å²) in [6.45, 7) is 2.90. The van der Waals surface area contributed by atoms with Crippen LogP contribution in [-0.2, 0) is 12.8 Å². The summed E-state index contributed by atoms with van der Waals surface area (Å²) >= 11 is 0. The van der Waals surface area contributed by atoms with Crippen molar-refractivity contribution >= 4 is 10.8 Å². The van der Waals surface area contributed by atoms with E-state index < -0.39 is 0 Å². The molecule has 0 saturated carbocycles. The second-order valence-electron chi connectivity index (χ2n) is 22.6. The van der Waals surface area contributed by atoms with Gasteiger partial charge in [-0.3, -0.25) is 0 Å². The summed E-state index contributed by atoms with van der Waals surface area (Å²) < 4.78 is 31.9. The number of nitrogens with one attached hydrogen (secondary N) is 7. The highest BCUT2D eigenvalue weighted by Gasteiger charge is 2.13. The zero-order chi connectivity index (χ0) is 75.3. The number of para-hydroxylation sites is 1. The molecule has 17 rings (SSSR count). The van der Waals surface area contributed by atoms with E-state index in [9.17, 15) is 0 Å². The van der Waals surface area contributed by atoms with Crippen LogP contribution in [0.15, 0.2) is 243 Å². The van der Waals surface area contributed by atoms with E-state index >= 15 is 0 Å². The fourth-order valence-electron chi connectivity index (χ4n) is 10.0. The third-order valence-electron chi connectivity index (χ3n) is 15.4. The molecule has 0 spiro atoms. The summed E-state index contributed by atoms with van der Waals surface area (Å²) in [5.74, 6) is 9.67. The van der Waals surface area contributed by atoms with E-state index in [1.165, 1.54) is 22.3 Å². The number of hydrogen-bond acceptors (Lipinski definition) is 27. The molecule has 0 aliphatic carbocycles. The van der Waals surface area contributed by atoms with Gasteiger partial charge in [0.25, 0.3) is 0 Å². The lowest BCUT2D eigenvalue weighted by Gasteiger charge is -2.07. The average molecular weight is 1460 g/mol. The zero-order valence-corrected chi connectivity index (χ0v) is 59.5. The minimum Gasteiger partial charge on any atom is -0.497 e. The van der Waals surface area contributed by atoms with Crippen molar-refractivity contribution in [3.8, 4) is 108 Å². The van der Waals surface area contributed by atoms with Gasteiger partial charge in [0.15, 0.2) is 23.1 Å². The molecule has 34 nitrogen and oxygen atoms in total. The number of hydrogen-bond donors (Lipinski definition) is 7. The maximum Gasteiger partial charge on any atom is 0.205 e. The Kier molecular flexibility index (Phi) is 27.9. The topological polar surface area (TPSA) is 437 Å². The van der Waals surface area contributed by atoms with Gasteiger partial charge in [-0.15, -0.1) is 71.4 Å². The molecule has 7 aromatic heterocycles. The maximum atomic E-state index is 5.69. The third-order valence-corrected chi connectivity index (χ3v) is 15.4. The predicted octanol–water partition coefficient (Wildman–Crippen LogP) is 11.7. The van der Waals surface area contributed by atoms with Gasteiger partial charge in [-0.1, -0.05) is 163 Å².